The van der Waals surface area contributed by atoms with Gasteiger partial charge in [0.1, 0.15) is 34.6 Å². The monoisotopic (exact) mass is 827 g/mol. The highest BCUT2D eigenvalue weighted by Crippen LogP contribution is 2.56. The topological polar surface area (TPSA) is 196 Å². The molecular weight excluding hydrogens is 773 g/mol. The van der Waals surface area contributed by atoms with Crippen LogP contribution in [-0.2, 0) is 30.3 Å². The third kappa shape index (κ3) is 7.86. The summed E-state index contributed by atoms with van der Waals surface area (Å²) in [4.78, 5) is 42.6. The molecule has 0 spiro atoms. The number of esters is 1. The van der Waals surface area contributed by atoms with Crippen LogP contribution in [-0.4, -0.2) is 98.0 Å². The second-order valence-corrected chi connectivity index (χ2v) is 16.4. The Morgan fingerprint density at radius 1 is 0.933 bits per heavy atom. The fourth-order valence-corrected chi connectivity index (χ4v) is 8.55. The van der Waals surface area contributed by atoms with Crippen molar-refractivity contribution in [1.82, 2.24) is 0 Å². The average Bonchev–Trinajstić information content (AvgIpc) is 3.49. The van der Waals surface area contributed by atoms with Gasteiger partial charge in [0, 0.05) is 66.7 Å². The van der Waals surface area contributed by atoms with E-state index in [2.05, 4.69) is 0 Å². The van der Waals surface area contributed by atoms with E-state index in [1.807, 2.05) is 30.3 Å². The van der Waals surface area contributed by atoms with Crippen molar-refractivity contribution in [3.05, 3.63) is 88.7 Å². The SMILES string of the molecule is COC1/C=C\OC2(C)Oc3c(C)c(O)c4c(O)c5c(c(O)c4c3C2=O)C=[N+](Cc2ccccc2)CN5C(=O)/C(C)=C/C=C/C(C)C(O)C(C)C(O)C(C)C(OC(C)=O)C1C. The molecule has 0 saturated carbocycles. The fraction of sp³-hybridized carbons (Fsp3) is 0.435. The lowest BCUT2D eigenvalue weighted by molar-refractivity contribution is -0.538. The van der Waals surface area contributed by atoms with Crippen LogP contribution in [0.2, 0.25) is 0 Å². The summed E-state index contributed by atoms with van der Waals surface area (Å²) >= 11 is 0. The number of phenols is 3. The number of allylic oxidation sites excluding steroid dienone is 2. The van der Waals surface area contributed by atoms with Crippen molar-refractivity contribution in [3.63, 3.8) is 0 Å². The molecular formula is C46H55N2O12+. The summed E-state index contributed by atoms with van der Waals surface area (Å²) in [6.07, 6.45) is 5.34. The average molecular weight is 828 g/mol. The van der Waals surface area contributed by atoms with Gasteiger partial charge >= 0.3 is 11.8 Å². The minimum atomic E-state index is -2.03. The summed E-state index contributed by atoms with van der Waals surface area (Å²) in [5.41, 5.74) is 1.03. The summed E-state index contributed by atoms with van der Waals surface area (Å²) in [6.45, 7) is 12.9. The van der Waals surface area contributed by atoms with Crippen LogP contribution in [0.5, 0.6) is 23.0 Å². The highest BCUT2D eigenvalue weighted by molar-refractivity contribution is 6.24. The van der Waals surface area contributed by atoms with Gasteiger partial charge in [-0.05, 0) is 19.9 Å². The number of benzene rings is 3. The van der Waals surface area contributed by atoms with Gasteiger partial charge in [-0.2, -0.15) is 0 Å². The minimum absolute atomic E-state index is 0.0266. The number of fused-ring (bicyclic) bond motifs is 12. The van der Waals surface area contributed by atoms with Gasteiger partial charge in [0.2, 0.25) is 6.67 Å². The Labute approximate surface area is 349 Å². The van der Waals surface area contributed by atoms with Gasteiger partial charge in [0.15, 0.2) is 18.5 Å². The van der Waals surface area contributed by atoms with Crippen LogP contribution in [0.1, 0.15) is 75.5 Å². The van der Waals surface area contributed by atoms with Crippen LogP contribution in [0, 0.1) is 30.6 Å². The van der Waals surface area contributed by atoms with E-state index in [9.17, 15) is 39.9 Å². The van der Waals surface area contributed by atoms with Crippen molar-refractivity contribution in [1.29, 1.82) is 0 Å². The molecule has 5 N–H and O–H groups in total. The van der Waals surface area contributed by atoms with Crippen LogP contribution in [0.25, 0.3) is 10.8 Å². The van der Waals surface area contributed by atoms with E-state index in [1.165, 1.54) is 45.1 Å². The van der Waals surface area contributed by atoms with Gasteiger partial charge in [-0.1, -0.05) is 76.3 Å². The zero-order chi connectivity index (χ0) is 44.0. The standard InChI is InChI=1S/C46H54N2O12/c1-23-14-13-15-24(2)45(56)48-22-47(20-30-16-11-10-12-17-30)21-31-36(48)41(54)34-33(40(31)53)35-43(28(6)39(34)52)60-46(8,44(35)55)58-19-18-32(57-9)25(3)42(59-29(7)49)27(5)38(51)26(4)37(23)50/h10-19,21,23,25-27,32,37-38,42,50-51H,20,22H2,1-9H3,(H2,52,54,55)/p+1/b14-13+,19-18-,24-15+. The molecule has 14 heteroatoms. The molecule has 0 saturated heterocycles. The van der Waals surface area contributed by atoms with Crippen molar-refractivity contribution in [3.8, 4) is 23.0 Å². The molecule has 9 atom stereocenters. The van der Waals surface area contributed by atoms with Crippen LogP contribution in [0.15, 0.2) is 66.5 Å². The number of aliphatic hydroxyl groups is 2. The molecule has 14 nitrogen and oxygen atoms in total. The lowest BCUT2D eigenvalue weighted by Crippen LogP contribution is -2.46. The highest BCUT2D eigenvalue weighted by atomic mass is 16.7. The van der Waals surface area contributed by atoms with Crippen LogP contribution >= 0.6 is 0 Å². The van der Waals surface area contributed by atoms with Crippen molar-refractivity contribution in [2.45, 2.75) is 92.1 Å². The third-order valence-corrected chi connectivity index (χ3v) is 12.1. The number of aliphatic hydroxyl groups excluding tert-OH is 2. The first-order chi connectivity index (χ1) is 28.3. The zero-order valence-electron chi connectivity index (χ0n) is 35.4. The molecule has 4 aliphatic heterocycles. The number of phenolic OH excluding ortho intramolecular Hbond substituents is 3. The first kappa shape index (κ1) is 43.9. The number of aromatic hydroxyl groups is 3. The van der Waals surface area contributed by atoms with E-state index < -0.39 is 88.8 Å². The zero-order valence-corrected chi connectivity index (χ0v) is 35.4. The Balaban J connectivity index is 1.56. The maximum Gasteiger partial charge on any atom is 0.312 e. The molecule has 0 aromatic heterocycles. The predicted molar refractivity (Wildman–Crippen MR) is 223 cm³/mol. The van der Waals surface area contributed by atoms with Crippen LogP contribution in [0.3, 0.4) is 0 Å². The van der Waals surface area contributed by atoms with E-state index in [0.717, 1.165) is 5.56 Å². The number of carbonyl (C=O) groups is 3. The molecule has 7 rings (SSSR count). The Morgan fingerprint density at radius 2 is 1.62 bits per heavy atom. The summed E-state index contributed by atoms with van der Waals surface area (Å²) in [5, 5.41) is 58.6. The molecule has 1 amide bonds. The van der Waals surface area contributed by atoms with E-state index in [1.54, 1.807) is 63.6 Å². The first-order valence-corrected chi connectivity index (χ1v) is 20.0. The van der Waals surface area contributed by atoms with Crippen LogP contribution < -0.4 is 9.64 Å². The molecule has 0 aliphatic carbocycles. The molecule has 4 aliphatic rings. The Kier molecular flexibility index (Phi) is 12.5. The summed E-state index contributed by atoms with van der Waals surface area (Å²) in [5.74, 6) is -7.91. The molecule has 3 aromatic rings. The fourth-order valence-electron chi connectivity index (χ4n) is 8.55. The van der Waals surface area contributed by atoms with Gasteiger partial charge in [-0.25, -0.2) is 9.48 Å². The van der Waals surface area contributed by atoms with E-state index >= 15 is 0 Å². The molecule has 320 valence electrons. The minimum Gasteiger partial charge on any atom is -0.507 e. The van der Waals surface area contributed by atoms with Gasteiger partial charge < -0.3 is 44.5 Å². The smallest absolute Gasteiger partial charge is 0.312 e. The van der Waals surface area contributed by atoms with E-state index in [4.69, 9.17) is 18.9 Å². The Morgan fingerprint density at radius 3 is 2.27 bits per heavy atom. The lowest BCUT2D eigenvalue weighted by atomic mass is 9.78. The number of amides is 1. The van der Waals surface area contributed by atoms with Crippen LogP contribution in [0.4, 0.5) is 5.69 Å². The molecule has 9 unspecified atom stereocenters. The van der Waals surface area contributed by atoms with Crippen molar-refractivity contribution in [2.75, 3.05) is 18.7 Å². The van der Waals surface area contributed by atoms with Gasteiger partial charge in [0.25, 0.3) is 11.7 Å². The molecule has 0 fully saturated rings. The van der Waals surface area contributed by atoms with Gasteiger partial charge in [0.05, 0.1) is 35.5 Å². The van der Waals surface area contributed by atoms with Crippen molar-refractivity contribution < 1.29 is 63.4 Å². The van der Waals surface area contributed by atoms with Crippen molar-refractivity contribution in [2.24, 2.45) is 23.7 Å². The molecule has 60 heavy (non-hydrogen) atoms. The normalized spacial score (nSPS) is 30.6. The maximum absolute atomic E-state index is 14.5. The number of anilines is 1. The lowest BCUT2D eigenvalue weighted by Gasteiger charge is -2.38. The number of methoxy groups -OCH3 is 1. The Bertz CT molecular complexity index is 2320. The summed E-state index contributed by atoms with van der Waals surface area (Å²) in [6, 6.07) is 9.46. The predicted octanol–water partition coefficient (Wildman–Crippen LogP) is 5.75. The number of ether oxygens (including phenoxy) is 4. The number of hydrogen-bond donors (Lipinski definition) is 5. The third-order valence-electron chi connectivity index (χ3n) is 12.1. The first-order valence-electron chi connectivity index (χ1n) is 20.0. The second-order valence-electron chi connectivity index (χ2n) is 16.4. The van der Waals surface area contributed by atoms with Gasteiger partial charge in [-0.15, -0.1) is 0 Å². The molecule has 4 heterocycles. The number of hydrogen-bond acceptors (Lipinski definition) is 12. The summed E-state index contributed by atoms with van der Waals surface area (Å²) < 4.78 is 25.5. The molecule has 0 radical (unpaired) electrons. The summed E-state index contributed by atoms with van der Waals surface area (Å²) in [7, 11) is 1.44. The molecule has 7 bridgehead atoms. The van der Waals surface area contributed by atoms with E-state index in [0.29, 0.717) is 6.54 Å². The number of Topliss-reactive ketones (excluding diaryl/α,β-unsaturated/α-hetero) is 1. The Hall–Kier alpha value is -5.70. The number of rotatable bonds is 4. The quantitative estimate of drug-likeness (QED) is 0.122. The highest BCUT2D eigenvalue weighted by Gasteiger charge is 2.50. The second kappa shape index (κ2) is 17.1. The molecule has 3 aromatic carbocycles. The van der Waals surface area contributed by atoms with Gasteiger partial charge in [-0.3, -0.25) is 14.4 Å². The van der Waals surface area contributed by atoms with Crippen molar-refractivity contribution >= 4 is 40.3 Å². The number of ketones is 1. The largest absolute Gasteiger partial charge is 0.507 e. The van der Waals surface area contributed by atoms with E-state index in [-0.39, 0.29) is 51.1 Å². The number of carbonyl (C=O) groups excluding carboxylic acids is 3. The number of nitrogens with zero attached hydrogens (tertiary/aromatic N) is 2. The maximum atomic E-state index is 14.5.